The Labute approximate surface area is 225 Å². The molecule has 0 aliphatic rings. The second-order valence-corrected chi connectivity index (χ2v) is 8.78. The standard InChI is InChI=1S/C30H29F3N2O4/c1-19(34-39-18-21-8-6-10-23(14-21)30(31,32)33)26-17-27(22-9-7-11-25(15-22)36-3)35(20(26)2)24-12-13-28(37-4)29(16-24)38-5/h6-17H,18H2,1-5H3/b34-19-. The van der Waals surface area contributed by atoms with Crippen LogP contribution in [0.15, 0.2) is 78.0 Å². The lowest BCUT2D eigenvalue weighted by molar-refractivity contribution is -0.137. The third-order valence-corrected chi connectivity index (χ3v) is 6.31. The van der Waals surface area contributed by atoms with Crippen molar-refractivity contribution in [3.8, 4) is 34.2 Å². The number of oxime groups is 1. The summed E-state index contributed by atoms with van der Waals surface area (Å²) in [6.45, 7) is 3.66. The number of hydrogen-bond acceptors (Lipinski definition) is 5. The third kappa shape index (κ3) is 6.03. The van der Waals surface area contributed by atoms with Gasteiger partial charge in [0, 0.05) is 28.6 Å². The summed E-state index contributed by atoms with van der Waals surface area (Å²) in [6.07, 6.45) is -4.42. The number of hydrogen-bond donors (Lipinski definition) is 0. The van der Waals surface area contributed by atoms with Crippen molar-refractivity contribution in [2.45, 2.75) is 26.6 Å². The average Bonchev–Trinajstić information content (AvgIpc) is 3.29. The van der Waals surface area contributed by atoms with Crippen molar-refractivity contribution in [2.75, 3.05) is 21.3 Å². The molecule has 0 radical (unpaired) electrons. The van der Waals surface area contributed by atoms with Crippen LogP contribution in [0.5, 0.6) is 17.2 Å². The van der Waals surface area contributed by atoms with E-state index in [1.807, 2.05) is 55.5 Å². The number of aromatic nitrogens is 1. The van der Waals surface area contributed by atoms with Crippen molar-refractivity contribution in [1.82, 2.24) is 4.57 Å². The van der Waals surface area contributed by atoms with E-state index in [2.05, 4.69) is 9.72 Å². The minimum Gasteiger partial charge on any atom is -0.497 e. The lowest BCUT2D eigenvalue weighted by atomic mass is 10.1. The third-order valence-electron chi connectivity index (χ3n) is 6.31. The smallest absolute Gasteiger partial charge is 0.416 e. The number of rotatable bonds is 9. The van der Waals surface area contributed by atoms with Gasteiger partial charge in [-0.1, -0.05) is 29.4 Å². The fraction of sp³-hybridized carbons (Fsp3) is 0.233. The molecule has 1 aromatic heterocycles. The summed E-state index contributed by atoms with van der Waals surface area (Å²) < 4.78 is 57.6. The zero-order valence-corrected chi connectivity index (χ0v) is 22.3. The molecule has 39 heavy (non-hydrogen) atoms. The fourth-order valence-corrected chi connectivity index (χ4v) is 4.35. The van der Waals surface area contributed by atoms with Crippen molar-refractivity contribution in [1.29, 1.82) is 0 Å². The molecule has 0 aliphatic carbocycles. The number of benzene rings is 3. The molecule has 0 unspecified atom stereocenters. The predicted octanol–water partition coefficient (Wildman–Crippen LogP) is 7.44. The maximum absolute atomic E-state index is 13.0. The van der Waals surface area contributed by atoms with Crippen LogP contribution in [0.1, 0.15) is 29.3 Å². The lowest BCUT2D eigenvalue weighted by Gasteiger charge is -2.15. The van der Waals surface area contributed by atoms with Crippen LogP contribution < -0.4 is 14.2 Å². The first kappa shape index (κ1) is 27.6. The van der Waals surface area contributed by atoms with Crippen molar-refractivity contribution < 1.29 is 32.2 Å². The van der Waals surface area contributed by atoms with Gasteiger partial charge in [-0.25, -0.2) is 0 Å². The highest BCUT2D eigenvalue weighted by Crippen LogP contribution is 2.35. The van der Waals surface area contributed by atoms with Gasteiger partial charge in [0.15, 0.2) is 11.5 Å². The normalized spacial score (nSPS) is 11.8. The molecule has 3 aromatic carbocycles. The summed E-state index contributed by atoms with van der Waals surface area (Å²) in [5.74, 6) is 1.90. The number of alkyl halides is 3. The summed E-state index contributed by atoms with van der Waals surface area (Å²) in [5, 5.41) is 4.23. The molecule has 204 valence electrons. The maximum Gasteiger partial charge on any atom is 0.416 e. The molecule has 1 heterocycles. The van der Waals surface area contributed by atoms with Gasteiger partial charge < -0.3 is 23.6 Å². The molecular weight excluding hydrogens is 509 g/mol. The molecular formula is C30H29F3N2O4. The summed E-state index contributed by atoms with van der Waals surface area (Å²) in [5.41, 5.74) is 4.54. The Hall–Kier alpha value is -4.40. The average molecular weight is 539 g/mol. The van der Waals surface area contributed by atoms with E-state index in [-0.39, 0.29) is 6.61 Å². The zero-order chi connectivity index (χ0) is 28.2. The molecule has 0 fully saturated rings. The van der Waals surface area contributed by atoms with Crippen LogP contribution in [0.25, 0.3) is 16.9 Å². The second-order valence-electron chi connectivity index (χ2n) is 8.78. The Balaban J connectivity index is 1.73. The highest BCUT2D eigenvalue weighted by Gasteiger charge is 2.30. The molecule has 0 saturated heterocycles. The van der Waals surface area contributed by atoms with Crippen LogP contribution in [0.4, 0.5) is 13.2 Å². The van der Waals surface area contributed by atoms with Crippen LogP contribution >= 0.6 is 0 Å². The molecule has 0 bridgehead atoms. The molecule has 6 nitrogen and oxygen atoms in total. The van der Waals surface area contributed by atoms with Gasteiger partial charge in [0.05, 0.1) is 38.3 Å². The molecule has 0 N–H and O–H groups in total. The fourth-order valence-electron chi connectivity index (χ4n) is 4.35. The van der Waals surface area contributed by atoms with Gasteiger partial charge in [-0.05, 0) is 61.9 Å². The Morgan fingerprint density at radius 3 is 2.28 bits per heavy atom. The first-order valence-electron chi connectivity index (χ1n) is 12.1. The zero-order valence-electron chi connectivity index (χ0n) is 22.3. The predicted molar refractivity (Wildman–Crippen MR) is 144 cm³/mol. The van der Waals surface area contributed by atoms with Crippen molar-refractivity contribution in [2.24, 2.45) is 5.16 Å². The Bertz CT molecular complexity index is 1490. The van der Waals surface area contributed by atoms with Crippen molar-refractivity contribution in [3.05, 3.63) is 95.2 Å². The van der Waals surface area contributed by atoms with Crippen LogP contribution in [-0.4, -0.2) is 31.6 Å². The lowest BCUT2D eigenvalue weighted by Crippen LogP contribution is -2.05. The molecule has 9 heteroatoms. The van der Waals surface area contributed by atoms with E-state index in [0.717, 1.165) is 40.3 Å². The van der Waals surface area contributed by atoms with Crippen molar-refractivity contribution >= 4 is 5.71 Å². The van der Waals surface area contributed by atoms with E-state index >= 15 is 0 Å². The summed E-state index contributed by atoms with van der Waals surface area (Å²) in [4.78, 5) is 5.48. The largest absolute Gasteiger partial charge is 0.497 e. The van der Waals surface area contributed by atoms with Gasteiger partial charge in [-0.2, -0.15) is 13.2 Å². The second kappa shape index (κ2) is 11.6. The van der Waals surface area contributed by atoms with Crippen LogP contribution in [0.2, 0.25) is 0 Å². The van der Waals surface area contributed by atoms with Crippen LogP contribution in [0, 0.1) is 6.92 Å². The summed E-state index contributed by atoms with van der Waals surface area (Å²) in [7, 11) is 4.77. The van der Waals surface area contributed by atoms with Crippen molar-refractivity contribution in [3.63, 3.8) is 0 Å². The molecule has 0 aliphatic heterocycles. The molecule has 0 saturated carbocycles. The number of methoxy groups -OCH3 is 3. The van der Waals surface area contributed by atoms with E-state index in [4.69, 9.17) is 19.0 Å². The van der Waals surface area contributed by atoms with Crippen LogP contribution in [-0.2, 0) is 17.6 Å². The number of ether oxygens (including phenoxy) is 3. The van der Waals surface area contributed by atoms with E-state index in [0.29, 0.717) is 28.5 Å². The Morgan fingerprint density at radius 2 is 1.59 bits per heavy atom. The van der Waals surface area contributed by atoms with Gasteiger partial charge in [0.25, 0.3) is 0 Å². The van der Waals surface area contributed by atoms with Crippen LogP contribution in [0.3, 0.4) is 0 Å². The first-order chi connectivity index (χ1) is 18.7. The van der Waals surface area contributed by atoms with Gasteiger partial charge in [0.2, 0.25) is 0 Å². The van der Waals surface area contributed by atoms with E-state index in [1.54, 1.807) is 34.3 Å². The van der Waals surface area contributed by atoms with E-state index in [1.165, 1.54) is 6.07 Å². The number of halogens is 3. The quantitative estimate of drug-likeness (QED) is 0.164. The molecule has 0 spiro atoms. The molecule has 0 atom stereocenters. The minimum absolute atomic E-state index is 0.0978. The Kier molecular flexibility index (Phi) is 8.18. The molecule has 0 amide bonds. The summed E-state index contributed by atoms with van der Waals surface area (Å²) >= 11 is 0. The van der Waals surface area contributed by atoms with E-state index < -0.39 is 11.7 Å². The number of nitrogens with zero attached hydrogens (tertiary/aromatic N) is 2. The minimum atomic E-state index is -4.42. The highest BCUT2D eigenvalue weighted by molar-refractivity contribution is 6.01. The monoisotopic (exact) mass is 538 g/mol. The SMILES string of the molecule is COc1cccc(-c2cc(/C(C)=N\OCc3cccc(C(F)(F)F)c3)c(C)n2-c2ccc(OC)c(OC)c2)c1. The maximum atomic E-state index is 13.0. The summed E-state index contributed by atoms with van der Waals surface area (Å²) in [6, 6.07) is 20.4. The topological polar surface area (TPSA) is 54.2 Å². The highest BCUT2D eigenvalue weighted by atomic mass is 19.4. The molecule has 4 aromatic rings. The van der Waals surface area contributed by atoms with Gasteiger partial charge in [0.1, 0.15) is 12.4 Å². The first-order valence-corrected chi connectivity index (χ1v) is 12.1. The van der Waals surface area contributed by atoms with Gasteiger partial charge >= 0.3 is 6.18 Å². The van der Waals surface area contributed by atoms with Gasteiger partial charge in [-0.15, -0.1) is 0 Å². The molecule has 4 rings (SSSR count). The van der Waals surface area contributed by atoms with Gasteiger partial charge in [-0.3, -0.25) is 0 Å². The van der Waals surface area contributed by atoms with E-state index in [9.17, 15) is 13.2 Å². The Morgan fingerprint density at radius 1 is 0.846 bits per heavy atom.